The number of rotatable bonds is 4. The summed E-state index contributed by atoms with van der Waals surface area (Å²) in [5, 5.41) is 70.3. The van der Waals surface area contributed by atoms with E-state index in [9.17, 15) is 40.5 Å². The molecule has 1 fully saturated rings. The Hall–Kier alpha value is -3.71. The molecule has 7 N–H and O–H groups in total. The van der Waals surface area contributed by atoms with E-state index in [4.69, 9.17) is 18.6 Å². The highest BCUT2D eigenvalue weighted by molar-refractivity contribution is 5.93. The maximum absolute atomic E-state index is 13.4. The van der Waals surface area contributed by atoms with Gasteiger partial charge in [-0.1, -0.05) is 0 Å². The largest absolute Gasteiger partial charge is 0.507 e. The van der Waals surface area contributed by atoms with Crippen LogP contribution >= 0.6 is 0 Å². The number of phenols is 4. The van der Waals surface area contributed by atoms with Gasteiger partial charge in [0.25, 0.3) is 0 Å². The molecule has 3 aromatic rings. The van der Waals surface area contributed by atoms with Crippen LogP contribution in [-0.2, 0) is 4.74 Å². The van der Waals surface area contributed by atoms with Gasteiger partial charge >= 0.3 is 0 Å². The molecule has 0 spiro atoms. The van der Waals surface area contributed by atoms with E-state index in [2.05, 4.69) is 0 Å². The summed E-state index contributed by atoms with van der Waals surface area (Å²) in [6.45, 7) is 1.41. The molecule has 12 nitrogen and oxygen atoms in total. The zero-order valence-corrected chi connectivity index (χ0v) is 17.9. The van der Waals surface area contributed by atoms with Gasteiger partial charge in [0, 0.05) is 11.6 Å². The summed E-state index contributed by atoms with van der Waals surface area (Å²) in [6, 6.07) is 4.40. The summed E-state index contributed by atoms with van der Waals surface area (Å²) in [7, 11) is 1.22. The smallest absolute Gasteiger partial charge is 0.239 e. The van der Waals surface area contributed by atoms with Gasteiger partial charge in [0.1, 0.15) is 29.4 Å². The molecule has 1 aliphatic rings. The van der Waals surface area contributed by atoms with Gasteiger partial charge in [-0.05, 0) is 25.1 Å². The molecule has 5 atom stereocenters. The van der Waals surface area contributed by atoms with Crippen LogP contribution in [0.5, 0.6) is 34.5 Å². The summed E-state index contributed by atoms with van der Waals surface area (Å²) >= 11 is 0. The highest BCUT2D eigenvalue weighted by Crippen LogP contribution is 2.44. The van der Waals surface area contributed by atoms with E-state index >= 15 is 0 Å². The fraction of sp³-hybridized carbons (Fsp3) is 0.318. The third kappa shape index (κ3) is 3.72. The van der Waals surface area contributed by atoms with Crippen molar-refractivity contribution in [1.82, 2.24) is 0 Å². The van der Waals surface area contributed by atoms with E-state index in [1.54, 1.807) is 0 Å². The first-order valence-electron chi connectivity index (χ1n) is 10.0. The topological polar surface area (TPSA) is 200 Å². The first-order valence-corrected chi connectivity index (χ1v) is 10.0. The minimum absolute atomic E-state index is 0.00457. The van der Waals surface area contributed by atoms with Crippen molar-refractivity contribution in [3.63, 3.8) is 0 Å². The van der Waals surface area contributed by atoms with Crippen molar-refractivity contribution in [3.05, 3.63) is 34.5 Å². The minimum Gasteiger partial charge on any atom is -0.507 e. The normalized spacial score (nSPS) is 24.8. The Morgan fingerprint density at radius 2 is 1.62 bits per heavy atom. The first-order chi connectivity index (χ1) is 16.0. The molecule has 0 saturated carbocycles. The Morgan fingerprint density at radius 1 is 0.912 bits per heavy atom. The second kappa shape index (κ2) is 8.57. The number of ether oxygens (including phenoxy) is 3. The predicted octanol–water partition coefficient (Wildman–Crippen LogP) is 0.497. The summed E-state index contributed by atoms with van der Waals surface area (Å²) in [4.78, 5) is 13.4. The van der Waals surface area contributed by atoms with Crippen molar-refractivity contribution in [2.75, 3.05) is 7.11 Å². The maximum Gasteiger partial charge on any atom is 0.239 e. The van der Waals surface area contributed by atoms with E-state index in [1.807, 2.05) is 0 Å². The third-order valence-electron chi connectivity index (χ3n) is 5.54. The van der Waals surface area contributed by atoms with Crippen LogP contribution in [0.1, 0.15) is 6.92 Å². The summed E-state index contributed by atoms with van der Waals surface area (Å²) in [5.41, 5.74) is -1.46. The Balaban J connectivity index is 1.97. The molecule has 0 radical (unpaired) electrons. The van der Waals surface area contributed by atoms with Crippen molar-refractivity contribution in [1.29, 1.82) is 0 Å². The zero-order valence-electron chi connectivity index (χ0n) is 17.9. The van der Waals surface area contributed by atoms with E-state index in [1.165, 1.54) is 20.1 Å². The molecule has 1 aliphatic heterocycles. The van der Waals surface area contributed by atoms with Crippen LogP contribution in [0.3, 0.4) is 0 Å². The van der Waals surface area contributed by atoms with Gasteiger partial charge in [-0.2, -0.15) is 0 Å². The number of aliphatic hydroxyl groups is 3. The molecule has 2 heterocycles. The predicted molar refractivity (Wildman–Crippen MR) is 114 cm³/mol. The number of hydrogen-bond acceptors (Lipinski definition) is 12. The van der Waals surface area contributed by atoms with Gasteiger partial charge in [-0.3, -0.25) is 4.79 Å². The second-order valence-corrected chi connectivity index (χ2v) is 7.74. The van der Waals surface area contributed by atoms with Crippen LogP contribution in [0.15, 0.2) is 33.5 Å². The van der Waals surface area contributed by atoms with Crippen LogP contribution in [-0.4, -0.2) is 73.6 Å². The minimum atomic E-state index is -1.78. The van der Waals surface area contributed by atoms with Crippen molar-refractivity contribution < 1.29 is 54.4 Å². The standard InChI is InChI=1S/C22H22O12/c1-7-14(26)17(29)18(30)22(32-7)34-21-16(28)13-11(25)6-12(31-2)15(27)20(13)33-19(21)8-3-4-9(23)10(24)5-8/h3-7,14,17-18,22-27,29-30H,1-2H3/t7-,14-,17+,18+,22-/m0/s1. The van der Waals surface area contributed by atoms with Crippen molar-refractivity contribution in [2.45, 2.75) is 37.6 Å². The molecule has 182 valence electrons. The number of fused-ring (bicyclic) bond motifs is 1. The Bertz CT molecular complexity index is 1300. The molecule has 0 amide bonds. The lowest BCUT2D eigenvalue weighted by molar-refractivity contribution is -0.268. The van der Waals surface area contributed by atoms with Crippen LogP contribution in [0, 0.1) is 0 Å². The van der Waals surface area contributed by atoms with Crippen LogP contribution < -0.4 is 14.9 Å². The maximum atomic E-state index is 13.4. The molecular formula is C22H22O12. The number of aromatic hydroxyl groups is 4. The number of benzene rings is 2. The van der Waals surface area contributed by atoms with Gasteiger partial charge in [-0.15, -0.1) is 0 Å². The first kappa shape index (κ1) is 23.4. The molecule has 1 aromatic heterocycles. The fourth-order valence-electron chi connectivity index (χ4n) is 3.64. The van der Waals surface area contributed by atoms with Gasteiger partial charge in [0.2, 0.25) is 23.2 Å². The molecule has 12 heteroatoms. The average molecular weight is 478 g/mol. The summed E-state index contributed by atoms with van der Waals surface area (Å²) in [5.74, 6) is -3.43. The number of phenolic OH excluding ortho intramolecular Hbond substituents is 4. The molecule has 4 rings (SSSR count). The molecule has 2 aromatic carbocycles. The third-order valence-corrected chi connectivity index (χ3v) is 5.54. The van der Waals surface area contributed by atoms with Gasteiger partial charge in [0.05, 0.1) is 13.2 Å². The Kier molecular flexibility index (Phi) is 5.91. The van der Waals surface area contributed by atoms with Crippen LogP contribution in [0.4, 0.5) is 0 Å². The monoisotopic (exact) mass is 478 g/mol. The highest BCUT2D eigenvalue weighted by Gasteiger charge is 2.44. The lowest BCUT2D eigenvalue weighted by Gasteiger charge is -2.38. The summed E-state index contributed by atoms with van der Waals surface area (Å²) in [6.07, 6.45) is -7.50. The van der Waals surface area contributed by atoms with Crippen molar-refractivity contribution in [2.24, 2.45) is 0 Å². The second-order valence-electron chi connectivity index (χ2n) is 7.74. The van der Waals surface area contributed by atoms with E-state index in [-0.39, 0.29) is 17.1 Å². The van der Waals surface area contributed by atoms with Crippen molar-refractivity contribution >= 4 is 11.0 Å². The lowest BCUT2D eigenvalue weighted by atomic mass is 10.00. The number of hydrogen-bond donors (Lipinski definition) is 7. The zero-order chi connectivity index (χ0) is 24.9. The number of aliphatic hydroxyl groups excluding tert-OH is 3. The quantitative estimate of drug-likeness (QED) is 0.203. The molecule has 34 heavy (non-hydrogen) atoms. The fourth-order valence-corrected chi connectivity index (χ4v) is 3.64. The highest BCUT2D eigenvalue weighted by atomic mass is 16.7. The van der Waals surface area contributed by atoms with Gasteiger partial charge in [0.15, 0.2) is 28.6 Å². The van der Waals surface area contributed by atoms with Crippen molar-refractivity contribution in [3.8, 4) is 45.8 Å². The van der Waals surface area contributed by atoms with Crippen LogP contribution in [0.25, 0.3) is 22.3 Å². The molecule has 0 bridgehead atoms. The Labute approximate surface area is 191 Å². The molecule has 0 unspecified atom stereocenters. The SMILES string of the molecule is COc1cc(O)c2c(=O)c(O[C@@H]3O[C@@H](C)[C@H](O)[C@@H](O)[C@H]3O)c(-c3ccc(O)c(O)c3)oc2c1O. The van der Waals surface area contributed by atoms with Crippen LogP contribution in [0.2, 0.25) is 0 Å². The molecule has 0 aliphatic carbocycles. The summed E-state index contributed by atoms with van der Waals surface area (Å²) < 4.78 is 21.7. The lowest BCUT2D eigenvalue weighted by Crippen LogP contribution is -2.58. The Morgan fingerprint density at radius 3 is 2.26 bits per heavy atom. The van der Waals surface area contributed by atoms with E-state index in [0.717, 1.165) is 18.2 Å². The van der Waals surface area contributed by atoms with Gasteiger partial charge < -0.3 is 54.4 Å². The number of methoxy groups -OCH3 is 1. The molecule has 1 saturated heterocycles. The average Bonchev–Trinajstić information content (AvgIpc) is 2.81. The molecular weight excluding hydrogens is 456 g/mol. The van der Waals surface area contributed by atoms with Gasteiger partial charge in [-0.25, -0.2) is 0 Å². The van der Waals surface area contributed by atoms with E-state index in [0.29, 0.717) is 0 Å². The van der Waals surface area contributed by atoms with E-state index < -0.39 is 75.9 Å².